The molecule has 2 aliphatic rings. The molecule has 2 aromatic carbocycles. The first-order chi connectivity index (χ1) is 14.2. The standard InChI is InChI=1S/C25H26O5/c1-14(2)10-11-16-19(26)18-20(27)21(28)22(15-8-6-5-7-9-15)29-24(18)17-12-13-25(3,4)30-23(16)17/h5-10,12-13,21-22,26,28H,11H2,1-4H3/t21-,22+/m1/s1. The van der Waals surface area contributed by atoms with E-state index in [0.29, 0.717) is 28.9 Å². The molecule has 5 heteroatoms. The van der Waals surface area contributed by atoms with Crippen molar-refractivity contribution in [3.8, 4) is 17.2 Å². The number of hydrogen-bond donors (Lipinski definition) is 2. The van der Waals surface area contributed by atoms with Crippen molar-refractivity contribution in [2.75, 3.05) is 0 Å². The second-order valence-corrected chi connectivity index (χ2v) is 8.56. The Bertz CT molecular complexity index is 1060. The summed E-state index contributed by atoms with van der Waals surface area (Å²) in [6, 6.07) is 9.11. The van der Waals surface area contributed by atoms with Crippen LogP contribution < -0.4 is 9.47 Å². The van der Waals surface area contributed by atoms with E-state index in [4.69, 9.17) is 9.47 Å². The van der Waals surface area contributed by atoms with E-state index >= 15 is 0 Å². The van der Waals surface area contributed by atoms with Crippen molar-refractivity contribution in [1.82, 2.24) is 0 Å². The average molecular weight is 406 g/mol. The van der Waals surface area contributed by atoms with Gasteiger partial charge >= 0.3 is 0 Å². The number of phenolic OH excluding ortho intramolecular Hbond substituents is 1. The number of phenols is 1. The van der Waals surface area contributed by atoms with Crippen molar-refractivity contribution in [2.45, 2.75) is 51.9 Å². The summed E-state index contributed by atoms with van der Waals surface area (Å²) in [6.45, 7) is 7.79. The van der Waals surface area contributed by atoms with Gasteiger partial charge in [0.25, 0.3) is 0 Å². The maximum atomic E-state index is 13.2. The lowest BCUT2D eigenvalue weighted by Gasteiger charge is -2.36. The summed E-state index contributed by atoms with van der Waals surface area (Å²) in [5.41, 5.74) is 2.35. The molecule has 2 aliphatic heterocycles. The number of carbonyl (C=O) groups is 1. The monoisotopic (exact) mass is 406 g/mol. The fraction of sp³-hybridized carbons (Fsp3) is 0.320. The van der Waals surface area contributed by atoms with Crippen LogP contribution in [-0.2, 0) is 6.42 Å². The molecule has 0 spiro atoms. The molecule has 0 bridgehead atoms. The van der Waals surface area contributed by atoms with Gasteiger partial charge in [-0.2, -0.15) is 0 Å². The van der Waals surface area contributed by atoms with Crippen LogP contribution in [0.3, 0.4) is 0 Å². The smallest absolute Gasteiger partial charge is 0.202 e. The van der Waals surface area contributed by atoms with E-state index in [-0.39, 0.29) is 17.1 Å². The zero-order chi connectivity index (χ0) is 21.6. The molecule has 0 saturated carbocycles. The van der Waals surface area contributed by atoms with Gasteiger partial charge in [-0.1, -0.05) is 42.0 Å². The molecule has 2 atom stereocenters. The molecular formula is C25H26O5. The van der Waals surface area contributed by atoms with Crippen LogP contribution in [-0.4, -0.2) is 27.7 Å². The van der Waals surface area contributed by atoms with Crippen molar-refractivity contribution in [3.63, 3.8) is 0 Å². The minimum absolute atomic E-state index is 0.0125. The fourth-order valence-electron chi connectivity index (χ4n) is 3.83. The SMILES string of the molecule is CC(C)=CCc1c(O)c2c(c3c1OC(C)(C)C=C3)O[C@@H](c1ccccc1)[C@H](O)C2=O. The van der Waals surface area contributed by atoms with Crippen LogP contribution in [0.2, 0.25) is 0 Å². The van der Waals surface area contributed by atoms with Gasteiger partial charge in [0, 0.05) is 5.56 Å². The topological polar surface area (TPSA) is 76.0 Å². The number of hydrogen-bond acceptors (Lipinski definition) is 5. The molecule has 0 saturated heterocycles. The average Bonchev–Trinajstić information content (AvgIpc) is 2.69. The Kier molecular flexibility index (Phi) is 4.94. The summed E-state index contributed by atoms with van der Waals surface area (Å²) < 4.78 is 12.4. The minimum Gasteiger partial charge on any atom is -0.507 e. The first kappa shape index (κ1) is 20.2. The fourth-order valence-corrected chi connectivity index (χ4v) is 3.83. The third kappa shape index (κ3) is 3.39. The number of benzene rings is 2. The maximum absolute atomic E-state index is 13.2. The molecule has 0 aromatic heterocycles. The van der Waals surface area contributed by atoms with Gasteiger partial charge in [0.05, 0.1) is 5.56 Å². The van der Waals surface area contributed by atoms with Gasteiger partial charge in [0.15, 0.2) is 12.2 Å². The number of Topliss-reactive ketones (excluding diaryl/α,β-unsaturated/α-hetero) is 1. The largest absolute Gasteiger partial charge is 0.507 e. The molecule has 2 N–H and O–H groups in total. The van der Waals surface area contributed by atoms with Gasteiger partial charge in [0.1, 0.15) is 28.4 Å². The van der Waals surface area contributed by atoms with Crippen LogP contribution >= 0.6 is 0 Å². The molecule has 0 fully saturated rings. The van der Waals surface area contributed by atoms with Gasteiger partial charge in [-0.3, -0.25) is 4.79 Å². The number of ether oxygens (including phenoxy) is 2. The highest BCUT2D eigenvalue weighted by atomic mass is 16.5. The van der Waals surface area contributed by atoms with Crippen molar-refractivity contribution < 1.29 is 24.5 Å². The molecular weight excluding hydrogens is 380 g/mol. The number of aromatic hydroxyl groups is 1. The number of carbonyl (C=O) groups excluding carboxylic acids is 1. The first-order valence-corrected chi connectivity index (χ1v) is 10.1. The highest BCUT2D eigenvalue weighted by molar-refractivity contribution is 6.07. The van der Waals surface area contributed by atoms with E-state index in [1.165, 1.54) is 0 Å². The van der Waals surface area contributed by atoms with Crippen molar-refractivity contribution in [1.29, 1.82) is 0 Å². The van der Waals surface area contributed by atoms with Crippen LogP contribution in [0.5, 0.6) is 17.2 Å². The van der Waals surface area contributed by atoms with E-state index in [0.717, 1.165) is 5.57 Å². The predicted molar refractivity (Wildman–Crippen MR) is 115 cm³/mol. The lowest BCUT2D eigenvalue weighted by Crippen LogP contribution is -2.37. The van der Waals surface area contributed by atoms with Crippen LogP contribution in [0.4, 0.5) is 0 Å². The summed E-state index contributed by atoms with van der Waals surface area (Å²) in [6.07, 6.45) is 3.86. The van der Waals surface area contributed by atoms with E-state index in [2.05, 4.69) is 0 Å². The Hall–Kier alpha value is -3.05. The van der Waals surface area contributed by atoms with E-state index in [9.17, 15) is 15.0 Å². The normalized spacial score (nSPS) is 21.2. The van der Waals surface area contributed by atoms with Crippen molar-refractivity contribution in [2.24, 2.45) is 0 Å². The quantitative estimate of drug-likeness (QED) is 0.719. The van der Waals surface area contributed by atoms with E-state index < -0.39 is 23.6 Å². The van der Waals surface area contributed by atoms with Gasteiger partial charge in [-0.15, -0.1) is 0 Å². The van der Waals surface area contributed by atoms with Crippen LogP contribution in [0.25, 0.3) is 6.08 Å². The number of aliphatic hydroxyl groups is 1. The summed E-state index contributed by atoms with van der Waals surface area (Å²) in [4.78, 5) is 13.2. The Morgan fingerprint density at radius 1 is 1.17 bits per heavy atom. The zero-order valence-electron chi connectivity index (χ0n) is 17.6. The maximum Gasteiger partial charge on any atom is 0.202 e. The van der Waals surface area contributed by atoms with Crippen LogP contribution in [0.1, 0.15) is 60.8 Å². The molecule has 0 radical (unpaired) electrons. The van der Waals surface area contributed by atoms with Crippen LogP contribution in [0.15, 0.2) is 48.1 Å². The highest BCUT2D eigenvalue weighted by Gasteiger charge is 2.43. The van der Waals surface area contributed by atoms with Gasteiger partial charge < -0.3 is 19.7 Å². The third-order valence-corrected chi connectivity index (χ3v) is 5.42. The second kappa shape index (κ2) is 7.33. The first-order valence-electron chi connectivity index (χ1n) is 10.1. The molecule has 156 valence electrons. The molecule has 2 aromatic rings. The molecule has 4 rings (SSSR count). The number of aliphatic hydroxyl groups excluding tert-OH is 1. The van der Waals surface area contributed by atoms with Crippen LogP contribution in [0, 0.1) is 0 Å². The highest BCUT2D eigenvalue weighted by Crippen LogP contribution is 2.51. The van der Waals surface area contributed by atoms with Crippen molar-refractivity contribution in [3.05, 3.63) is 70.3 Å². The summed E-state index contributed by atoms with van der Waals surface area (Å²) in [7, 11) is 0. The zero-order valence-corrected chi connectivity index (χ0v) is 17.6. The van der Waals surface area contributed by atoms with Gasteiger partial charge in [-0.05, 0) is 51.8 Å². The molecule has 5 nitrogen and oxygen atoms in total. The predicted octanol–water partition coefficient (Wildman–Crippen LogP) is 4.76. The Balaban J connectivity index is 1.93. The van der Waals surface area contributed by atoms with Gasteiger partial charge in [-0.25, -0.2) is 0 Å². The lowest BCUT2D eigenvalue weighted by atomic mass is 9.87. The van der Waals surface area contributed by atoms with Gasteiger partial charge in [0.2, 0.25) is 5.78 Å². The number of ketones is 1. The lowest BCUT2D eigenvalue weighted by molar-refractivity contribution is 0.0206. The molecule has 2 heterocycles. The summed E-state index contributed by atoms with van der Waals surface area (Å²) in [5, 5.41) is 21.8. The second-order valence-electron chi connectivity index (χ2n) is 8.56. The Morgan fingerprint density at radius 2 is 1.87 bits per heavy atom. The molecule has 0 aliphatic carbocycles. The number of allylic oxidation sites excluding steroid dienone is 2. The van der Waals surface area contributed by atoms with E-state index in [1.54, 1.807) is 12.1 Å². The van der Waals surface area contributed by atoms with E-state index in [1.807, 2.05) is 64.1 Å². The Labute approximate surface area is 176 Å². The summed E-state index contributed by atoms with van der Waals surface area (Å²) >= 11 is 0. The minimum atomic E-state index is -1.41. The summed E-state index contributed by atoms with van der Waals surface area (Å²) in [5.74, 6) is 0.0107. The molecule has 0 unspecified atom stereocenters. The number of fused-ring (bicyclic) bond motifs is 3. The Morgan fingerprint density at radius 3 is 2.53 bits per heavy atom. The number of rotatable bonds is 3. The third-order valence-electron chi connectivity index (χ3n) is 5.42. The van der Waals surface area contributed by atoms with Crippen molar-refractivity contribution >= 4 is 11.9 Å². The molecule has 30 heavy (non-hydrogen) atoms. The molecule has 0 amide bonds.